The minimum Gasteiger partial charge on any atom is -0.441 e. The molecule has 124 valence electrons. The number of fused-ring (bicyclic) bond motifs is 1. The van der Waals surface area contributed by atoms with Gasteiger partial charge in [-0.25, -0.2) is 9.97 Å². The Hall–Kier alpha value is -3.48. The molecule has 0 spiro atoms. The quantitative estimate of drug-likeness (QED) is 0.615. The van der Waals surface area contributed by atoms with Gasteiger partial charge in [-0.3, -0.25) is 4.79 Å². The lowest BCUT2D eigenvalue weighted by Crippen LogP contribution is -2.15. The summed E-state index contributed by atoms with van der Waals surface area (Å²) in [6.07, 6.45) is 1.68. The number of benzene rings is 1. The molecule has 3 heterocycles. The molecule has 1 amide bonds. The second-order valence-corrected chi connectivity index (χ2v) is 5.50. The average molecular weight is 334 g/mol. The van der Waals surface area contributed by atoms with Crippen molar-refractivity contribution >= 4 is 22.8 Å². The highest BCUT2D eigenvalue weighted by Gasteiger charge is 2.17. The molecule has 0 aliphatic rings. The van der Waals surface area contributed by atoms with Gasteiger partial charge in [-0.2, -0.15) is 0 Å². The molecule has 1 N–H and O–H groups in total. The molecule has 0 aliphatic carbocycles. The molecule has 0 saturated carbocycles. The smallest absolute Gasteiger partial charge is 0.259 e. The highest BCUT2D eigenvalue weighted by atomic mass is 16.5. The Morgan fingerprint density at radius 3 is 2.84 bits per heavy atom. The van der Waals surface area contributed by atoms with Gasteiger partial charge in [-0.05, 0) is 31.2 Å². The maximum absolute atomic E-state index is 12.3. The van der Waals surface area contributed by atoms with Gasteiger partial charge in [0.25, 0.3) is 5.71 Å². The number of carbonyl (C=O) groups excluding carboxylic acids is 1. The Balaban J connectivity index is 1.52. The summed E-state index contributed by atoms with van der Waals surface area (Å²) >= 11 is 0. The van der Waals surface area contributed by atoms with Gasteiger partial charge in [0.2, 0.25) is 11.8 Å². The van der Waals surface area contributed by atoms with E-state index in [0.717, 1.165) is 5.56 Å². The van der Waals surface area contributed by atoms with Crippen molar-refractivity contribution in [3.8, 4) is 11.5 Å². The van der Waals surface area contributed by atoms with E-state index in [1.807, 2.05) is 30.3 Å². The highest BCUT2D eigenvalue weighted by Crippen LogP contribution is 2.23. The van der Waals surface area contributed by atoms with Crippen LogP contribution in [0.4, 0.5) is 5.82 Å². The molecule has 0 radical (unpaired) electrons. The van der Waals surface area contributed by atoms with E-state index in [9.17, 15) is 4.79 Å². The van der Waals surface area contributed by atoms with Gasteiger partial charge in [-0.15, -0.1) is 0 Å². The van der Waals surface area contributed by atoms with E-state index in [1.165, 1.54) is 0 Å². The summed E-state index contributed by atoms with van der Waals surface area (Å²) in [5.41, 5.74) is 1.83. The lowest BCUT2D eigenvalue weighted by Gasteiger charge is -2.00. The number of pyridine rings is 1. The third-order valence-corrected chi connectivity index (χ3v) is 3.75. The van der Waals surface area contributed by atoms with Crippen LogP contribution in [0.1, 0.15) is 11.5 Å². The molecule has 25 heavy (non-hydrogen) atoms. The second kappa shape index (κ2) is 6.20. The normalized spacial score (nSPS) is 10.9. The van der Waals surface area contributed by atoms with Crippen molar-refractivity contribution in [2.75, 3.05) is 5.32 Å². The Morgan fingerprint density at radius 2 is 2.00 bits per heavy atom. The molecule has 4 aromatic rings. The fraction of sp³-hybridized carbons (Fsp3) is 0.111. The summed E-state index contributed by atoms with van der Waals surface area (Å²) in [4.78, 5) is 20.8. The molecular formula is C18H14N4O3. The van der Waals surface area contributed by atoms with Gasteiger partial charge < -0.3 is 14.3 Å². The van der Waals surface area contributed by atoms with Crippen LogP contribution < -0.4 is 5.32 Å². The van der Waals surface area contributed by atoms with E-state index >= 15 is 0 Å². The zero-order valence-corrected chi connectivity index (χ0v) is 13.4. The molecule has 0 bridgehead atoms. The van der Waals surface area contributed by atoms with Crippen molar-refractivity contribution in [2.45, 2.75) is 13.3 Å². The highest BCUT2D eigenvalue weighted by molar-refractivity contribution is 5.98. The van der Waals surface area contributed by atoms with Crippen LogP contribution in [0.25, 0.3) is 22.6 Å². The minimum atomic E-state index is -0.255. The van der Waals surface area contributed by atoms with Crippen LogP contribution >= 0.6 is 0 Å². The number of hydrogen-bond donors (Lipinski definition) is 1. The molecular weight excluding hydrogens is 320 g/mol. The van der Waals surface area contributed by atoms with Gasteiger partial charge in [-0.1, -0.05) is 23.4 Å². The zero-order valence-electron chi connectivity index (χ0n) is 13.4. The molecule has 7 nitrogen and oxygen atoms in total. The molecule has 7 heteroatoms. The van der Waals surface area contributed by atoms with Gasteiger partial charge in [0, 0.05) is 11.8 Å². The summed E-state index contributed by atoms with van der Waals surface area (Å²) in [6.45, 7) is 1.79. The molecule has 3 aromatic heterocycles. The number of amides is 1. The molecule has 0 unspecified atom stereocenters. The lowest BCUT2D eigenvalue weighted by molar-refractivity contribution is -0.115. The standard InChI is InChI=1S/C18H14N4O3/c1-11-14(20-17(24-11)12-6-3-2-4-7-12)10-15(23)21-16-13-8-5-9-19-18(13)25-22-16/h2-9H,10H2,1H3,(H,21,22,23). The van der Waals surface area contributed by atoms with Crippen LogP contribution in [0.3, 0.4) is 0 Å². The Kier molecular flexibility index (Phi) is 3.74. The van der Waals surface area contributed by atoms with Crippen LogP contribution in [0.5, 0.6) is 0 Å². The van der Waals surface area contributed by atoms with E-state index < -0.39 is 0 Å². The molecule has 0 saturated heterocycles. The van der Waals surface area contributed by atoms with E-state index in [1.54, 1.807) is 25.3 Å². The first-order valence-electron chi connectivity index (χ1n) is 7.72. The van der Waals surface area contributed by atoms with E-state index in [2.05, 4.69) is 20.4 Å². The van der Waals surface area contributed by atoms with Crippen molar-refractivity contribution in [3.05, 3.63) is 60.1 Å². The molecule has 0 fully saturated rings. The third-order valence-electron chi connectivity index (χ3n) is 3.75. The monoisotopic (exact) mass is 334 g/mol. The number of rotatable bonds is 4. The Bertz CT molecular complexity index is 1040. The number of anilines is 1. The van der Waals surface area contributed by atoms with Crippen molar-refractivity contribution in [1.82, 2.24) is 15.1 Å². The second-order valence-electron chi connectivity index (χ2n) is 5.50. The SMILES string of the molecule is Cc1oc(-c2ccccc2)nc1CC(=O)Nc1noc2ncccc12. The van der Waals surface area contributed by atoms with Gasteiger partial charge in [0.1, 0.15) is 5.76 Å². The molecule has 0 atom stereocenters. The van der Waals surface area contributed by atoms with E-state index in [-0.39, 0.29) is 12.3 Å². The minimum absolute atomic E-state index is 0.0801. The maximum atomic E-state index is 12.3. The van der Waals surface area contributed by atoms with Gasteiger partial charge in [0.15, 0.2) is 5.82 Å². The average Bonchev–Trinajstić information content (AvgIpc) is 3.20. The number of oxazole rings is 1. The number of hydrogen-bond acceptors (Lipinski definition) is 6. The fourth-order valence-corrected chi connectivity index (χ4v) is 2.50. The predicted octanol–water partition coefficient (Wildman–Crippen LogP) is 3.37. The number of nitrogens with zero attached hydrogens (tertiary/aromatic N) is 3. The van der Waals surface area contributed by atoms with Crippen LogP contribution in [0, 0.1) is 6.92 Å². The number of aromatic nitrogens is 3. The summed E-state index contributed by atoms with van der Waals surface area (Å²) in [7, 11) is 0. The number of nitrogens with one attached hydrogen (secondary N) is 1. The summed E-state index contributed by atoms with van der Waals surface area (Å²) < 4.78 is 10.7. The molecule has 1 aromatic carbocycles. The van der Waals surface area contributed by atoms with E-state index in [4.69, 9.17) is 8.94 Å². The number of aryl methyl sites for hydroxylation is 1. The topological polar surface area (TPSA) is 94.1 Å². The zero-order chi connectivity index (χ0) is 17.2. The van der Waals surface area contributed by atoms with Crippen LogP contribution in [-0.4, -0.2) is 21.0 Å². The summed E-state index contributed by atoms with van der Waals surface area (Å²) in [6, 6.07) is 13.1. The largest absolute Gasteiger partial charge is 0.441 e. The van der Waals surface area contributed by atoms with Crippen molar-refractivity contribution < 1.29 is 13.7 Å². The van der Waals surface area contributed by atoms with Crippen molar-refractivity contribution in [1.29, 1.82) is 0 Å². The molecule has 0 aliphatic heterocycles. The summed E-state index contributed by atoms with van der Waals surface area (Å²) in [5.74, 6) is 1.20. The lowest BCUT2D eigenvalue weighted by atomic mass is 10.2. The van der Waals surface area contributed by atoms with Crippen molar-refractivity contribution in [2.24, 2.45) is 0 Å². The first-order valence-corrected chi connectivity index (χ1v) is 7.72. The van der Waals surface area contributed by atoms with Crippen LogP contribution in [0.15, 0.2) is 57.6 Å². The third kappa shape index (κ3) is 2.99. The first kappa shape index (κ1) is 15.1. The van der Waals surface area contributed by atoms with E-state index in [0.29, 0.717) is 34.3 Å². The Morgan fingerprint density at radius 1 is 1.16 bits per heavy atom. The number of carbonyl (C=O) groups is 1. The first-order chi connectivity index (χ1) is 12.2. The summed E-state index contributed by atoms with van der Waals surface area (Å²) in [5, 5.41) is 7.21. The predicted molar refractivity (Wildman–Crippen MR) is 90.8 cm³/mol. The fourth-order valence-electron chi connectivity index (χ4n) is 2.50. The van der Waals surface area contributed by atoms with Crippen LogP contribution in [-0.2, 0) is 11.2 Å². The maximum Gasteiger partial charge on any atom is 0.259 e. The van der Waals surface area contributed by atoms with Gasteiger partial charge >= 0.3 is 0 Å². The van der Waals surface area contributed by atoms with Gasteiger partial charge in [0.05, 0.1) is 17.5 Å². The van der Waals surface area contributed by atoms with Crippen LogP contribution in [0.2, 0.25) is 0 Å². The van der Waals surface area contributed by atoms with Crippen molar-refractivity contribution in [3.63, 3.8) is 0 Å². The Labute approximate surface area is 142 Å². The molecule has 4 rings (SSSR count).